The highest BCUT2D eigenvalue weighted by Crippen LogP contribution is 1.98. The molecule has 2 aromatic heterocycles. The number of nitrogens with one attached hydrogen (secondary N) is 1. The molecular weight excluding hydrogens is 178 g/mol. The molecule has 14 heavy (non-hydrogen) atoms. The van der Waals surface area contributed by atoms with Crippen molar-refractivity contribution in [3.63, 3.8) is 0 Å². The van der Waals surface area contributed by atoms with Gasteiger partial charge in [0.25, 0.3) is 5.56 Å². The molecule has 70 valence electrons. The molecule has 0 bridgehead atoms. The van der Waals surface area contributed by atoms with Gasteiger partial charge in [-0.2, -0.15) is 0 Å². The zero-order valence-corrected chi connectivity index (χ0v) is 7.42. The molecule has 1 N–H and O–H groups in total. The third kappa shape index (κ3) is 1.80. The van der Waals surface area contributed by atoms with Crippen LogP contribution in [0.5, 0.6) is 0 Å². The molecule has 2 aromatic rings. The summed E-state index contributed by atoms with van der Waals surface area (Å²) in [5, 5.41) is 0. The molecule has 0 amide bonds. The molecule has 0 aromatic carbocycles. The number of pyridine rings is 2. The predicted molar refractivity (Wildman–Crippen MR) is 54.0 cm³/mol. The highest BCUT2D eigenvalue weighted by Gasteiger charge is 1.93. The third-order valence-electron chi connectivity index (χ3n) is 1.72. The van der Waals surface area contributed by atoms with E-state index in [2.05, 4.69) is 10.4 Å². The summed E-state index contributed by atoms with van der Waals surface area (Å²) in [6, 6.07) is 10.4. The van der Waals surface area contributed by atoms with Gasteiger partial charge in [-0.05, 0) is 18.2 Å². The second kappa shape index (κ2) is 3.74. The van der Waals surface area contributed by atoms with E-state index in [1.165, 1.54) is 10.7 Å². The lowest BCUT2D eigenvalue weighted by Gasteiger charge is -2.06. The van der Waals surface area contributed by atoms with Crippen molar-refractivity contribution in [2.45, 2.75) is 0 Å². The van der Waals surface area contributed by atoms with Crippen LogP contribution in [0.1, 0.15) is 0 Å². The first-order chi connectivity index (χ1) is 6.86. The van der Waals surface area contributed by atoms with Crippen molar-refractivity contribution < 1.29 is 0 Å². The maximum absolute atomic E-state index is 11.3. The van der Waals surface area contributed by atoms with Crippen LogP contribution in [0.15, 0.2) is 53.6 Å². The molecule has 0 aliphatic rings. The van der Waals surface area contributed by atoms with Crippen molar-refractivity contribution >= 4 is 5.82 Å². The molecule has 0 saturated heterocycles. The highest BCUT2D eigenvalue weighted by atomic mass is 16.1. The van der Waals surface area contributed by atoms with Gasteiger partial charge in [0.05, 0.1) is 0 Å². The highest BCUT2D eigenvalue weighted by molar-refractivity contribution is 5.32. The molecule has 2 heterocycles. The first-order valence-corrected chi connectivity index (χ1v) is 4.22. The minimum absolute atomic E-state index is 0.113. The smallest absolute Gasteiger partial charge is 0.269 e. The normalized spacial score (nSPS) is 9.71. The number of anilines is 1. The fourth-order valence-electron chi connectivity index (χ4n) is 1.07. The van der Waals surface area contributed by atoms with Gasteiger partial charge in [0, 0.05) is 18.5 Å². The summed E-state index contributed by atoms with van der Waals surface area (Å²) >= 11 is 0. The van der Waals surface area contributed by atoms with E-state index in [0.29, 0.717) is 5.82 Å². The maximum atomic E-state index is 11.3. The molecule has 0 saturated carbocycles. The second-order valence-electron chi connectivity index (χ2n) is 2.74. The van der Waals surface area contributed by atoms with Gasteiger partial charge in [-0.25, -0.2) is 9.66 Å². The van der Waals surface area contributed by atoms with Crippen LogP contribution in [-0.2, 0) is 0 Å². The van der Waals surface area contributed by atoms with Crippen LogP contribution >= 0.6 is 0 Å². The van der Waals surface area contributed by atoms with Crippen molar-refractivity contribution in [2.24, 2.45) is 0 Å². The Morgan fingerprint density at radius 3 is 2.71 bits per heavy atom. The van der Waals surface area contributed by atoms with Crippen LogP contribution in [0.2, 0.25) is 0 Å². The fraction of sp³-hybridized carbons (Fsp3) is 0. The number of hydrogen-bond acceptors (Lipinski definition) is 3. The number of hydrogen-bond donors (Lipinski definition) is 1. The van der Waals surface area contributed by atoms with Crippen molar-refractivity contribution in [3.8, 4) is 0 Å². The SMILES string of the molecule is O=c1ccccn1Nc1ccccn1. The van der Waals surface area contributed by atoms with Gasteiger partial charge in [-0.1, -0.05) is 12.1 Å². The molecule has 0 fully saturated rings. The summed E-state index contributed by atoms with van der Waals surface area (Å²) in [6.45, 7) is 0. The number of rotatable bonds is 2. The van der Waals surface area contributed by atoms with Crippen molar-refractivity contribution in [2.75, 3.05) is 5.43 Å². The van der Waals surface area contributed by atoms with Gasteiger partial charge in [-0.3, -0.25) is 10.2 Å². The first-order valence-electron chi connectivity index (χ1n) is 4.22. The van der Waals surface area contributed by atoms with Crippen molar-refractivity contribution in [1.82, 2.24) is 9.66 Å². The fourth-order valence-corrected chi connectivity index (χ4v) is 1.07. The van der Waals surface area contributed by atoms with Gasteiger partial charge in [-0.15, -0.1) is 0 Å². The predicted octanol–water partition coefficient (Wildman–Crippen LogP) is 1.12. The Hall–Kier alpha value is -2.10. The summed E-state index contributed by atoms with van der Waals surface area (Å²) in [6.07, 6.45) is 3.31. The largest absolute Gasteiger partial charge is 0.275 e. The van der Waals surface area contributed by atoms with E-state index in [9.17, 15) is 4.79 Å². The molecule has 0 aliphatic heterocycles. The first kappa shape index (κ1) is 8.50. The maximum Gasteiger partial charge on any atom is 0.269 e. The molecule has 0 atom stereocenters. The van der Waals surface area contributed by atoms with Gasteiger partial charge in [0.1, 0.15) is 5.82 Å². The van der Waals surface area contributed by atoms with Crippen molar-refractivity contribution in [1.29, 1.82) is 0 Å². The van der Waals surface area contributed by atoms with Gasteiger partial charge in [0.2, 0.25) is 0 Å². The summed E-state index contributed by atoms with van der Waals surface area (Å²) in [4.78, 5) is 15.3. The summed E-state index contributed by atoms with van der Waals surface area (Å²) in [5.74, 6) is 0.640. The van der Waals surface area contributed by atoms with Gasteiger partial charge in [0.15, 0.2) is 0 Å². The minimum Gasteiger partial charge on any atom is -0.275 e. The Morgan fingerprint density at radius 2 is 2.00 bits per heavy atom. The van der Waals surface area contributed by atoms with Crippen molar-refractivity contribution in [3.05, 3.63) is 59.1 Å². The average Bonchev–Trinajstić information content (AvgIpc) is 2.23. The zero-order valence-electron chi connectivity index (χ0n) is 7.42. The summed E-state index contributed by atoms with van der Waals surface area (Å²) in [7, 11) is 0. The van der Waals surface area contributed by atoms with Crippen LogP contribution in [0.3, 0.4) is 0 Å². The van der Waals surface area contributed by atoms with E-state index in [1.54, 1.807) is 30.6 Å². The van der Waals surface area contributed by atoms with E-state index in [4.69, 9.17) is 0 Å². The summed E-state index contributed by atoms with van der Waals surface area (Å²) < 4.78 is 1.38. The van der Waals surface area contributed by atoms with Gasteiger partial charge < -0.3 is 0 Å². The van der Waals surface area contributed by atoms with Crippen LogP contribution in [0.25, 0.3) is 0 Å². The van der Waals surface area contributed by atoms with E-state index >= 15 is 0 Å². The van der Waals surface area contributed by atoms with Crippen LogP contribution in [0.4, 0.5) is 5.82 Å². The molecule has 0 aliphatic carbocycles. The third-order valence-corrected chi connectivity index (χ3v) is 1.72. The topological polar surface area (TPSA) is 46.9 Å². The lowest BCUT2D eigenvalue weighted by Crippen LogP contribution is -2.24. The zero-order chi connectivity index (χ0) is 9.80. The Morgan fingerprint density at radius 1 is 1.14 bits per heavy atom. The summed E-state index contributed by atoms with van der Waals surface area (Å²) in [5.41, 5.74) is 2.75. The lowest BCUT2D eigenvalue weighted by atomic mass is 10.5. The Bertz CT molecular complexity index is 464. The molecule has 4 nitrogen and oxygen atoms in total. The number of aromatic nitrogens is 2. The second-order valence-corrected chi connectivity index (χ2v) is 2.74. The molecule has 4 heteroatoms. The molecule has 2 rings (SSSR count). The molecule has 0 unspecified atom stereocenters. The van der Waals surface area contributed by atoms with E-state index in [-0.39, 0.29) is 5.56 Å². The Kier molecular flexibility index (Phi) is 2.27. The minimum atomic E-state index is -0.113. The Balaban J connectivity index is 2.28. The van der Waals surface area contributed by atoms with E-state index < -0.39 is 0 Å². The molecule has 0 spiro atoms. The average molecular weight is 187 g/mol. The van der Waals surface area contributed by atoms with Gasteiger partial charge >= 0.3 is 0 Å². The van der Waals surface area contributed by atoms with E-state index in [1.807, 2.05) is 12.1 Å². The Labute approximate surface area is 80.8 Å². The lowest BCUT2D eigenvalue weighted by molar-refractivity contribution is 0.888. The van der Waals surface area contributed by atoms with Crippen LogP contribution in [0, 0.1) is 0 Å². The quantitative estimate of drug-likeness (QED) is 0.766. The monoisotopic (exact) mass is 187 g/mol. The molecule has 0 radical (unpaired) electrons. The van der Waals surface area contributed by atoms with E-state index in [0.717, 1.165) is 0 Å². The van der Waals surface area contributed by atoms with Crippen LogP contribution < -0.4 is 11.0 Å². The van der Waals surface area contributed by atoms with Crippen LogP contribution in [-0.4, -0.2) is 9.66 Å². The number of nitrogens with zero attached hydrogens (tertiary/aromatic N) is 2. The standard InChI is InChI=1S/C10H9N3O/c14-10-6-2-4-8-13(10)12-9-5-1-3-7-11-9/h1-8H,(H,11,12). The molecular formula is C10H9N3O.